The minimum absolute atomic E-state index is 0.126. The molecule has 1 fully saturated rings. The van der Waals surface area contributed by atoms with E-state index in [1.165, 1.54) is 12.8 Å². The first-order valence-corrected chi connectivity index (χ1v) is 6.56. The molecule has 0 aromatic carbocycles. The van der Waals surface area contributed by atoms with Gasteiger partial charge in [-0.25, -0.2) is 0 Å². The maximum atomic E-state index is 5.72. The topological polar surface area (TPSA) is 54.2 Å². The monoisotopic (exact) mass is 238 g/mol. The highest BCUT2D eigenvalue weighted by molar-refractivity contribution is 5.24. The van der Waals surface area contributed by atoms with Gasteiger partial charge in [0.2, 0.25) is 5.89 Å². The molecular weight excluding hydrogens is 216 g/mol. The Kier molecular flexibility index (Phi) is 3.99. The lowest BCUT2D eigenvalue weighted by Gasteiger charge is -2.17. The predicted molar refractivity (Wildman–Crippen MR) is 67.0 cm³/mol. The minimum atomic E-state index is 0.126. The molecule has 1 aromatic heterocycles. The summed E-state index contributed by atoms with van der Waals surface area (Å²) in [5.74, 6) is 1.51. The second-order valence-corrected chi connectivity index (χ2v) is 4.68. The van der Waals surface area contributed by atoms with Gasteiger partial charge in [-0.2, -0.15) is 0 Å². The van der Waals surface area contributed by atoms with E-state index >= 15 is 0 Å². The van der Waals surface area contributed by atoms with Crippen LogP contribution < -0.4 is 10.2 Å². The largest absolute Gasteiger partial charge is 0.406 e. The van der Waals surface area contributed by atoms with E-state index < -0.39 is 0 Å². The Hall–Kier alpha value is -1.10. The Morgan fingerprint density at radius 2 is 2.18 bits per heavy atom. The van der Waals surface area contributed by atoms with Crippen LogP contribution in [0.5, 0.6) is 0 Å². The average molecular weight is 238 g/mol. The third kappa shape index (κ3) is 3.19. The first-order valence-electron chi connectivity index (χ1n) is 6.56. The summed E-state index contributed by atoms with van der Waals surface area (Å²) in [6, 6.07) is 0.792. The van der Waals surface area contributed by atoms with Crippen molar-refractivity contribution in [2.24, 2.45) is 5.92 Å². The van der Waals surface area contributed by atoms with E-state index in [0.29, 0.717) is 11.9 Å². The number of rotatable bonds is 7. The van der Waals surface area contributed by atoms with Crippen LogP contribution in [0, 0.1) is 5.92 Å². The molecule has 2 rings (SSSR count). The Bertz CT molecular complexity index is 348. The van der Waals surface area contributed by atoms with Gasteiger partial charge in [0.05, 0.1) is 6.04 Å². The maximum Gasteiger partial charge on any atom is 0.318 e. The number of nitrogens with one attached hydrogen (secondary N) is 1. The first kappa shape index (κ1) is 12.4. The molecule has 0 amide bonds. The van der Waals surface area contributed by atoms with Crippen LogP contribution >= 0.6 is 0 Å². The summed E-state index contributed by atoms with van der Waals surface area (Å²) >= 11 is 0. The van der Waals surface area contributed by atoms with Crippen LogP contribution in [0.3, 0.4) is 0 Å². The van der Waals surface area contributed by atoms with Crippen LogP contribution in [0.15, 0.2) is 4.42 Å². The van der Waals surface area contributed by atoms with Crippen LogP contribution in [-0.4, -0.2) is 29.8 Å². The van der Waals surface area contributed by atoms with Crippen molar-refractivity contribution in [3.8, 4) is 0 Å². The molecular formula is C12H22N4O. The lowest BCUT2D eigenvalue weighted by molar-refractivity contribution is 0.418. The molecule has 1 N–H and O–H groups in total. The van der Waals surface area contributed by atoms with Crippen molar-refractivity contribution >= 4 is 6.01 Å². The zero-order valence-corrected chi connectivity index (χ0v) is 10.9. The van der Waals surface area contributed by atoms with E-state index in [1.54, 1.807) is 0 Å². The van der Waals surface area contributed by atoms with E-state index in [9.17, 15) is 0 Å². The van der Waals surface area contributed by atoms with Crippen molar-refractivity contribution in [1.29, 1.82) is 0 Å². The van der Waals surface area contributed by atoms with Gasteiger partial charge in [-0.1, -0.05) is 12.0 Å². The molecule has 1 aliphatic carbocycles. The van der Waals surface area contributed by atoms with Crippen molar-refractivity contribution in [1.82, 2.24) is 15.5 Å². The van der Waals surface area contributed by atoms with Gasteiger partial charge in [0.1, 0.15) is 0 Å². The van der Waals surface area contributed by atoms with Crippen LogP contribution in [0.25, 0.3) is 0 Å². The molecule has 0 radical (unpaired) electrons. The molecule has 0 bridgehead atoms. The second-order valence-electron chi connectivity index (χ2n) is 4.68. The summed E-state index contributed by atoms with van der Waals surface area (Å²) in [6.07, 6.45) is 2.68. The van der Waals surface area contributed by atoms with E-state index in [1.807, 2.05) is 6.92 Å². The van der Waals surface area contributed by atoms with Gasteiger partial charge in [-0.15, -0.1) is 5.10 Å². The zero-order chi connectivity index (χ0) is 12.3. The molecule has 1 aromatic rings. The van der Waals surface area contributed by atoms with Crippen LogP contribution in [0.1, 0.15) is 45.5 Å². The van der Waals surface area contributed by atoms with E-state index in [2.05, 4.69) is 34.3 Å². The molecule has 5 nitrogen and oxygen atoms in total. The highest BCUT2D eigenvalue weighted by Crippen LogP contribution is 2.31. The fourth-order valence-electron chi connectivity index (χ4n) is 1.88. The van der Waals surface area contributed by atoms with Crippen molar-refractivity contribution in [2.75, 3.05) is 24.5 Å². The number of aromatic nitrogens is 2. The maximum absolute atomic E-state index is 5.72. The van der Waals surface area contributed by atoms with E-state index in [0.717, 1.165) is 25.6 Å². The van der Waals surface area contributed by atoms with Crippen molar-refractivity contribution in [3.05, 3.63) is 5.89 Å². The van der Waals surface area contributed by atoms with Crippen molar-refractivity contribution < 1.29 is 4.42 Å². The Morgan fingerprint density at radius 1 is 1.41 bits per heavy atom. The number of hydrogen-bond acceptors (Lipinski definition) is 5. The van der Waals surface area contributed by atoms with Gasteiger partial charge >= 0.3 is 6.01 Å². The number of nitrogens with zero attached hydrogens (tertiary/aromatic N) is 3. The highest BCUT2D eigenvalue weighted by atomic mass is 16.4. The van der Waals surface area contributed by atoms with Gasteiger partial charge in [0.25, 0.3) is 0 Å². The summed E-state index contributed by atoms with van der Waals surface area (Å²) in [4.78, 5) is 2.17. The molecule has 0 aliphatic heterocycles. The van der Waals surface area contributed by atoms with Crippen LogP contribution in [0.2, 0.25) is 0 Å². The zero-order valence-electron chi connectivity index (χ0n) is 10.9. The lowest BCUT2D eigenvalue weighted by atomic mass is 10.3. The number of anilines is 1. The Balaban J connectivity index is 1.99. The summed E-state index contributed by atoms with van der Waals surface area (Å²) in [7, 11) is 0. The molecule has 1 saturated carbocycles. The third-order valence-corrected chi connectivity index (χ3v) is 3.14. The van der Waals surface area contributed by atoms with E-state index in [-0.39, 0.29) is 6.04 Å². The Labute approximate surface area is 103 Å². The summed E-state index contributed by atoms with van der Waals surface area (Å²) in [6.45, 7) is 9.11. The Morgan fingerprint density at radius 3 is 2.76 bits per heavy atom. The smallest absolute Gasteiger partial charge is 0.318 e. The van der Waals surface area contributed by atoms with Gasteiger partial charge in [-0.05, 0) is 39.2 Å². The highest BCUT2D eigenvalue weighted by Gasteiger charge is 2.26. The van der Waals surface area contributed by atoms with Gasteiger partial charge in [-0.3, -0.25) is 0 Å². The fourth-order valence-corrected chi connectivity index (χ4v) is 1.88. The predicted octanol–water partition coefficient (Wildman–Crippen LogP) is 1.98. The fraction of sp³-hybridized carbons (Fsp3) is 0.833. The molecule has 1 aliphatic rings. The first-order chi connectivity index (χ1) is 8.24. The SMILES string of the molecule is CCNC(C)c1nnc(N(CC)CC2CC2)o1. The molecule has 0 saturated heterocycles. The van der Waals surface area contributed by atoms with E-state index in [4.69, 9.17) is 4.42 Å². The molecule has 96 valence electrons. The van der Waals surface area contributed by atoms with Gasteiger partial charge in [0, 0.05) is 13.1 Å². The van der Waals surface area contributed by atoms with Crippen LogP contribution in [-0.2, 0) is 0 Å². The quantitative estimate of drug-likeness (QED) is 0.787. The van der Waals surface area contributed by atoms with Gasteiger partial charge in [0.15, 0.2) is 0 Å². The van der Waals surface area contributed by atoms with Crippen LogP contribution in [0.4, 0.5) is 6.01 Å². The summed E-state index contributed by atoms with van der Waals surface area (Å²) < 4.78 is 5.72. The van der Waals surface area contributed by atoms with Crippen molar-refractivity contribution in [2.45, 2.75) is 39.7 Å². The lowest BCUT2D eigenvalue weighted by Crippen LogP contribution is -2.25. The average Bonchev–Trinajstić information content (AvgIpc) is 3.01. The molecule has 1 unspecified atom stereocenters. The van der Waals surface area contributed by atoms with Crippen molar-refractivity contribution in [3.63, 3.8) is 0 Å². The molecule has 17 heavy (non-hydrogen) atoms. The molecule has 1 atom stereocenters. The second kappa shape index (κ2) is 5.49. The standard InChI is InChI=1S/C12H22N4O/c1-4-13-9(3)11-14-15-12(17-11)16(5-2)8-10-6-7-10/h9-10,13H,4-8H2,1-3H3. The molecule has 0 spiro atoms. The normalized spacial score (nSPS) is 17.1. The van der Waals surface area contributed by atoms with Gasteiger partial charge < -0.3 is 14.6 Å². The summed E-state index contributed by atoms with van der Waals surface area (Å²) in [5, 5.41) is 11.5. The summed E-state index contributed by atoms with van der Waals surface area (Å²) in [5.41, 5.74) is 0. The minimum Gasteiger partial charge on any atom is -0.406 e. The third-order valence-electron chi connectivity index (χ3n) is 3.14. The molecule has 5 heteroatoms. The number of hydrogen-bond donors (Lipinski definition) is 1. The molecule has 1 heterocycles.